The van der Waals surface area contributed by atoms with Gasteiger partial charge in [0, 0.05) is 42.8 Å². The monoisotopic (exact) mass is 449 g/mol. The summed E-state index contributed by atoms with van der Waals surface area (Å²) >= 11 is 1.60. The lowest BCUT2D eigenvalue weighted by Gasteiger charge is -2.32. The van der Waals surface area contributed by atoms with E-state index in [0.717, 1.165) is 76.6 Å². The SMILES string of the molecule is COc1cccc(N=C2Sc3nc4cc5c(cc4cc3CN2C[C@H]2CCCO2)OCO5)c1. The van der Waals surface area contributed by atoms with Crippen LogP contribution >= 0.6 is 11.8 Å². The predicted molar refractivity (Wildman–Crippen MR) is 123 cm³/mol. The molecule has 164 valence electrons. The van der Waals surface area contributed by atoms with E-state index < -0.39 is 0 Å². The summed E-state index contributed by atoms with van der Waals surface area (Å²) in [6.45, 7) is 2.65. The van der Waals surface area contributed by atoms with Gasteiger partial charge in [0.25, 0.3) is 0 Å². The molecule has 0 spiro atoms. The highest BCUT2D eigenvalue weighted by Crippen LogP contribution is 2.39. The van der Waals surface area contributed by atoms with Gasteiger partial charge in [0.1, 0.15) is 10.8 Å². The van der Waals surface area contributed by atoms with Crippen LogP contribution in [0.5, 0.6) is 17.2 Å². The first-order valence-corrected chi connectivity index (χ1v) is 11.6. The molecule has 3 aliphatic rings. The number of ether oxygens (including phenoxy) is 4. The van der Waals surface area contributed by atoms with Gasteiger partial charge in [-0.2, -0.15) is 0 Å². The van der Waals surface area contributed by atoms with E-state index in [0.29, 0.717) is 0 Å². The van der Waals surface area contributed by atoms with Crippen LogP contribution in [-0.2, 0) is 11.3 Å². The molecular weight excluding hydrogens is 426 g/mol. The summed E-state index contributed by atoms with van der Waals surface area (Å²) < 4.78 is 22.4. The molecule has 6 rings (SSSR count). The molecule has 0 aliphatic carbocycles. The molecule has 7 nitrogen and oxygen atoms in total. The Morgan fingerprint density at radius 1 is 1.19 bits per heavy atom. The van der Waals surface area contributed by atoms with Crippen LogP contribution in [0.3, 0.4) is 0 Å². The fraction of sp³-hybridized carbons (Fsp3) is 0.333. The van der Waals surface area contributed by atoms with E-state index in [1.807, 2.05) is 36.4 Å². The van der Waals surface area contributed by atoms with Crippen LogP contribution < -0.4 is 14.2 Å². The van der Waals surface area contributed by atoms with Gasteiger partial charge in [-0.15, -0.1) is 0 Å². The van der Waals surface area contributed by atoms with Crippen LogP contribution in [0.4, 0.5) is 5.69 Å². The van der Waals surface area contributed by atoms with E-state index in [-0.39, 0.29) is 12.9 Å². The van der Waals surface area contributed by atoms with Gasteiger partial charge in [-0.1, -0.05) is 6.07 Å². The van der Waals surface area contributed by atoms with Crippen LogP contribution in [0, 0.1) is 0 Å². The number of rotatable bonds is 4. The topological polar surface area (TPSA) is 65.4 Å². The Labute approximate surface area is 190 Å². The average Bonchev–Trinajstić information content (AvgIpc) is 3.48. The molecule has 3 aromatic rings. The van der Waals surface area contributed by atoms with Crippen LogP contribution in [0.1, 0.15) is 18.4 Å². The van der Waals surface area contributed by atoms with Crippen LogP contribution in [-0.4, -0.2) is 48.2 Å². The molecule has 32 heavy (non-hydrogen) atoms. The number of pyridine rings is 1. The smallest absolute Gasteiger partial charge is 0.231 e. The van der Waals surface area contributed by atoms with Crippen LogP contribution in [0.25, 0.3) is 10.9 Å². The van der Waals surface area contributed by atoms with Crippen molar-refractivity contribution >= 4 is 33.5 Å². The van der Waals surface area contributed by atoms with E-state index >= 15 is 0 Å². The van der Waals surface area contributed by atoms with Gasteiger partial charge < -0.3 is 23.8 Å². The molecule has 0 radical (unpaired) electrons. The van der Waals surface area contributed by atoms with E-state index in [2.05, 4.69) is 11.0 Å². The standard InChI is InChI=1S/C24H23N3O4S/c1-28-18-5-2-4-17(10-18)25-24-27(13-19-6-3-7-29-19)12-16-8-15-9-21-22(31-14-30-21)11-20(15)26-23(16)32-24/h2,4-5,8-11,19H,3,6-7,12-14H2,1H3/t19-/m1/s1. The molecule has 0 saturated carbocycles. The number of aliphatic imine (C=N–C) groups is 1. The molecule has 1 atom stereocenters. The van der Waals surface area contributed by atoms with Crippen molar-refractivity contribution in [1.29, 1.82) is 0 Å². The minimum Gasteiger partial charge on any atom is -0.497 e. The normalized spacial score (nSPS) is 20.7. The van der Waals surface area contributed by atoms with Crippen molar-refractivity contribution < 1.29 is 18.9 Å². The van der Waals surface area contributed by atoms with Crippen molar-refractivity contribution in [2.75, 3.05) is 27.1 Å². The number of aromatic nitrogens is 1. The largest absolute Gasteiger partial charge is 0.497 e. The second-order valence-corrected chi connectivity index (χ2v) is 9.02. The molecule has 4 heterocycles. The van der Waals surface area contributed by atoms with Crippen molar-refractivity contribution in [3.63, 3.8) is 0 Å². The zero-order valence-electron chi connectivity index (χ0n) is 17.7. The minimum absolute atomic E-state index is 0.231. The van der Waals surface area contributed by atoms with Gasteiger partial charge in [0.15, 0.2) is 16.7 Å². The van der Waals surface area contributed by atoms with Gasteiger partial charge in [0.05, 0.1) is 24.4 Å². The number of fused-ring (bicyclic) bond motifs is 3. The van der Waals surface area contributed by atoms with E-state index in [9.17, 15) is 0 Å². The first-order valence-electron chi connectivity index (χ1n) is 10.8. The zero-order valence-corrected chi connectivity index (χ0v) is 18.6. The molecule has 1 aromatic heterocycles. The molecular formula is C24H23N3O4S. The summed E-state index contributed by atoms with van der Waals surface area (Å²) in [6, 6.07) is 14.0. The Hall–Kier alpha value is -2.97. The second kappa shape index (κ2) is 8.18. The Balaban J connectivity index is 1.39. The van der Waals surface area contributed by atoms with E-state index in [4.69, 9.17) is 28.9 Å². The number of nitrogens with zero attached hydrogens (tertiary/aromatic N) is 3. The fourth-order valence-corrected chi connectivity index (χ4v) is 5.27. The summed E-state index contributed by atoms with van der Waals surface area (Å²) in [7, 11) is 1.67. The third-order valence-corrected chi connectivity index (χ3v) is 6.97. The Morgan fingerprint density at radius 2 is 2.09 bits per heavy atom. The van der Waals surface area contributed by atoms with Crippen LogP contribution in [0.2, 0.25) is 0 Å². The predicted octanol–water partition coefficient (Wildman–Crippen LogP) is 4.75. The third-order valence-electron chi connectivity index (χ3n) is 5.89. The molecule has 3 aliphatic heterocycles. The highest BCUT2D eigenvalue weighted by atomic mass is 32.2. The number of thioether (sulfide) groups is 1. The lowest BCUT2D eigenvalue weighted by Crippen LogP contribution is -2.37. The van der Waals surface area contributed by atoms with E-state index in [1.54, 1.807) is 18.9 Å². The quantitative estimate of drug-likeness (QED) is 0.570. The number of methoxy groups -OCH3 is 1. The van der Waals surface area contributed by atoms with E-state index in [1.165, 1.54) is 5.56 Å². The lowest BCUT2D eigenvalue weighted by atomic mass is 10.1. The van der Waals surface area contributed by atoms with Crippen molar-refractivity contribution in [1.82, 2.24) is 9.88 Å². The molecule has 0 bridgehead atoms. The van der Waals surface area contributed by atoms with Gasteiger partial charge in [-0.05, 0) is 48.9 Å². The highest BCUT2D eigenvalue weighted by molar-refractivity contribution is 8.13. The molecule has 0 unspecified atom stereocenters. The Bertz CT molecular complexity index is 1210. The summed E-state index contributed by atoms with van der Waals surface area (Å²) in [5, 5.41) is 2.95. The first kappa shape index (κ1) is 19.7. The number of benzene rings is 2. The van der Waals surface area contributed by atoms with Crippen molar-refractivity contribution in [3.05, 3.63) is 48.0 Å². The molecule has 1 saturated heterocycles. The van der Waals surface area contributed by atoms with Crippen LogP contribution in [0.15, 0.2) is 52.5 Å². The second-order valence-electron chi connectivity index (χ2n) is 8.06. The van der Waals surface area contributed by atoms with Gasteiger partial charge in [-0.25, -0.2) is 9.98 Å². The van der Waals surface area contributed by atoms with Crippen molar-refractivity contribution in [2.45, 2.75) is 30.5 Å². The van der Waals surface area contributed by atoms with Gasteiger partial charge in [0.2, 0.25) is 6.79 Å². The molecule has 0 amide bonds. The number of amidine groups is 1. The first-order chi connectivity index (χ1) is 15.7. The number of hydrogen-bond donors (Lipinski definition) is 0. The minimum atomic E-state index is 0.231. The van der Waals surface area contributed by atoms with Gasteiger partial charge in [-0.3, -0.25) is 0 Å². The molecule has 2 aromatic carbocycles. The molecule has 1 fully saturated rings. The molecule has 8 heteroatoms. The maximum absolute atomic E-state index is 5.93. The Morgan fingerprint density at radius 3 is 2.94 bits per heavy atom. The zero-order chi connectivity index (χ0) is 21.5. The average molecular weight is 450 g/mol. The third kappa shape index (κ3) is 3.73. The van der Waals surface area contributed by atoms with Gasteiger partial charge >= 0.3 is 0 Å². The fourth-order valence-electron chi connectivity index (χ4n) is 4.28. The summed E-state index contributed by atoms with van der Waals surface area (Å²) in [5.41, 5.74) is 2.94. The van der Waals surface area contributed by atoms with Crippen molar-refractivity contribution in [2.24, 2.45) is 4.99 Å². The maximum atomic E-state index is 5.93. The summed E-state index contributed by atoms with van der Waals surface area (Å²) in [5.74, 6) is 2.31. The number of hydrogen-bond acceptors (Lipinski definition) is 7. The highest BCUT2D eigenvalue weighted by Gasteiger charge is 2.28. The molecule has 0 N–H and O–H groups in total. The maximum Gasteiger partial charge on any atom is 0.231 e. The summed E-state index contributed by atoms with van der Waals surface area (Å²) in [4.78, 5) is 12.2. The van der Waals surface area contributed by atoms with Crippen molar-refractivity contribution in [3.8, 4) is 17.2 Å². The Kier molecular flexibility index (Phi) is 5.04. The lowest BCUT2D eigenvalue weighted by molar-refractivity contribution is 0.0903. The summed E-state index contributed by atoms with van der Waals surface area (Å²) in [6.07, 6.45) is 2.43.